The number of sulfonamides is 1. The summed E-state index contributed by atoms with van der Waals surface area (Å²) in [5.74, 6) is -0.323. The van der Waals surface area contributed by atoms with E-state index in [4.69, 9.17) is 4.74 Å². The summed E-state index contributed by atoms with van der Waals surface area (Å²) in [6.45, 7) is 3.87. The highest BCUT2D eigenvalue weighted by Gasteiger charge is 2.17. The normalized spacial score (nSPS) is 11.4. The van der Waals surface area contributed by atoms with Crippen LogP contribution in [-0.2, 0) is 19.6 Å². The van der Waals surface area contributed by atoms with Gasteiger partial charge < -0.3 is 4.74 Å². The van der Waals surface area contributed by atoms with Gasteiger partial charge in [-0.1, -0.05) is 0 Å². The van der Waals surface area contributed by atoms with Crippen LogP contribution in [0.5, 0.6) is 0 Å². The molecule has 0 spiro atoms. The van der Waals surface area contributed by atoms with Crippen LogP contribution in [0.25, 0.3) is 0 Å². The zero-order valence-electron chi connectivity index (χ0n) is 10.4. The quantitative estimate of drug-likeness (QED) is 0.552. The van der Waals surface area contributed by atoms with Gasteiger partial charge in [-0.15, -0.1) is 0 Å². The van der Waals surface area contributed by atoms with Crippen molar-refractivity contribution in [3.8, 4) is 0 Å². The molecular formula is C10H17N3O4S. The number of H-pyrrole nitrogens is 1. The van der Waals surface area contributed by atoms with Crippen molar-refractivity contribution in [3.63, 3.8) is 0 Å². The predicted octanol–water partition coefficient (Wildman–Crippen LogP) is 0.340. The van der Waals surface area contributed by atoms with Gasteiger partial charge in [0.25, 0.3) is 0 Å². The van der Waals surface area contributed by atoms with E-state index < -0.39 is 10.0 Å². The minimum absolute atomic E-state index is 0.124. The summed E-state index contributed by atoms with van der Waals surface area (Å²) in [5, 5.41) is 6.21. The van der Waals surface area contributed by atoms with Gasteiger partial charge in [-0.05, 0) is 20.3 Å². The molecule has 0 fully saturated rings. The fraction of sp³-hybridized carbons (Fsp3) is 0.600. The van der Waals surface area contributed by atoms with Crippen molar-refractivity contribution in [2.75, 3.05) is 13.2 Å². The molecule has 0 aliphatic heterocycles. The van der Waals surface area contributed by atoms with E-state index in [9.17, 15) is 13.2 Å². The lowest BCUT2D eigenvalue weighted by Crippen LogP contribution is -2.25. The zero-order chi connectivity index (χ0) is 13.6. The number of nitrogens with one attached hydrogen (secondary N) is 2. The third kappa shape index (κ3) is 4.11. The molecule has 1 rings (SSSR count). The molecule has 0 aliphatic rings. The monoisotopic (exact) mass is 275 g/mol. The van der Waals surface area contributed by atoms with E-state index in [0.717, 1.165) is 0 Å². The first-order valence-corrected chi connectivity index (χ1v) is 7.11. The van der Waals surface area contributed by atoms with Gasteiger partial charge in [0.1, 0.15) is 4.90 Å². The molecule has 8 heteroatoms. The Morgan fingerprint density at radius 2 is 2.28 bits per heavy atom. The van der Waals surface area contributed by atoms with Crippen LogP contribution < -0.4 is 4.72 Å². The number of esters is 1. The van der Waals surface area contributed by atoms with Crippen LogP contribution in [0.1, 0.15) is 25.5 Å². The second-order valence-electron chi connectivity index (χ2n) is 3.67. The Bertz CT molecular complexity index is 495. The van der Waals surface area contributed by atoms with Crippen LogP contribution >= 0.6 is 0 Å². The molecule has 0 atom stereocenters. The highest BCUT2D eigenvalue weighted by atomic mass is 32.2. The van der Waals surface area contributed by atoms with Crippen LogP contribution in [0.4, 0.5) is 0 Å². The molecule has 0 radical (unpaired) electrons. The van der Waals surface area contributed by atoms with E-state index in [1.165, 1.54) is 6.20 Å². The number of nitrogens with zero attached hydrogens (tertiary/aromatic N) is 1. The molecule has 0 aromatic carbocycles. The molecule has 0 aliphatic carbocycles. The van der Waals surface area contributed by atoms with Crippen molar-refractivity contribution in [1.29, 1.82) is 0 Å². The smallest absolute Gasteiger partial charge is 0.305 e. The molecule has 0 saturated carbocycles. The maximum atomic E-state index is 11.8. The Kier molecular flexibility index (Phi) is 5.29. The first-order chi connectivity index (χ1) is 8.47. The summed E-state index contributed by atoms with van der Waals surface area (Å²) in [6.07, 6.45) is 1.85. The third-order valence-electron chi connectivity index (χ3n) is 2.23. The van der Waals surface area contributed by atoms with Crippen molar-refractivity contribution >= 4 is 16.0 Å². The van der Waals surface area contributed by atoms with Gasteiger partial charge in [-0.25, -0.2) is 13.1 Å². The number of aryl methyl sites for hydroxylation is 1. The van der Waals surface area contributed by atoms with E-state index in [0.29, 0.717) is 18.7 Å². The van der Waals surface area contributed by atoms with Gasteiger partial charge >= 0.3 is 5.97 Å². The summed E-state index contributed by atoms with van der Waals surface area (Å²) in [7, 11) is -3.55. The Morgan fingerprint density at radius 1 is 1.56 bits per heavy atom. The summed E-state index contributed by atoms with van der Waals surface area (Å²) in [5.41, 5.74) is 0.480. The zero-order valence-corrected chi connectivity index (χ0v) is 11.2. The standard InChI is InChI=1S/C10H17N3O4S/c1-3-17-10(14)5-4-6-12-18(15,16)9-7-11-13-8(9)2/h7,12H,3-6H2,1-2H3,(H,11,13). The summed E-state index contributed by atoms with van der Waals surface area (Å²) < 4.78 is 30.7. The van der Waals surface area contributed by atoms with Crippen molar-refractivity contribution < 1.29 is 17.9 Å². The molecule has 2 N–H and O–H groups in total. The summed E-state index contributed by atoms with van der Waals surface area (Å²) >= 11 is 0. The van der Waals surface area contributed by atoms with Gasteiger partial charge in [0.15, 0.2) is 0 Å². The Hall–Kier alpha value is -1.41. The van der Waals surface area contributed by atoms with Gasteiger partial charge in [-0.3, -0.25) is 9.89 Å². The van der Waals surface area contributed by atoms with E-state index >= 15 is 0 Å². The lowest BCUT2D eigenvalue weighted by Gasteiger charge is -2.05. The van der Waals surface area contributed by atoms with E-state index in [1.54, 1.807) is 13.8 Å². The topological polar surface area (TPSA) is 101 Å². The van der Waals surface area contributed by atoms with Crippen LogP contribution in [0.2, 0.25) is 0 Å². The van der Waals surface area contributed by atoms with E-state index in [1.807, 2.05) is 0 Å². The first-order valence-electron chi connectivity index (χ1n) is 5.62. The molecule has 102 valence electrons. The third-order valence-corrected chi connectivity index (χ3v) is 3.80. The Balaban J connectivity index is 2.40. The molecule has 0 amide bonds. The molecular weight excluding hydrogens is 258 g/mol. The number of rotatable bonds is 7. The summed E-state index contributed by atoms with van der Waals surface area (Å²) in [6, 6.07) is 0. The highest BCUT2D eigenvalue weighted by Crippen LogP contribution is 2.10. The number of hydrogen-bond acceptors (Lipinski definition) is 5. The predicted molar refractivity (Wildman–Crippen MR) is 64.4 cm³/mol. The lowest BCUT2D eigenvalue weighted by molar-refractivity contribution is -0.143. The number of ether oxygens (including phenoxy) is 1. The molecule has 1 aromatic heterocycles. The van der Waals surface area contributed by atoms with Crippen molar-refractivity contribution in [2.24, 2.45) is 0 Å². The van der Waals surface area contributed by atoms with E-state index in [-0.39, 0.29) is 23.8 Å². The van der Waals surface area contributed by atoms with Crippen LogP contribution in [0, 0.1) is 6.92 Å². The number of hydrogen-bond donors (Lipinski definition) is 2. The molecule has 1 heterocycles. The van der Waals surface area contributed by atoms with Crippen LogP contribution in [0.3, 0.4) is 0 Å². The number of carbonyl (C=O) groups excluding carboxylic acids is 1. The van der Waals surface area contributed by atoms with Gasteiger partial charge in [0, 0.05) is 13.0 Å². The lowest BCUT2D eigenvalue weighted by atomic mass is 10.3. The van der Waals surface area contributed by atoms with Gasteiger partial charge in [0.2, 0.25) is 10.0 Å². The summed E-state index contributed by atoms with van der Waals surface area (Å²) in [4.78, 5) is 11.2. The van der Waals surface area contributed by atoms with Gasteiger partial charge in [-0.2, -0.15) is 5.10 Å². The average molecular weight is 275 g/mol. The Labute approximate surface area is 106 Å². The number of aromatic amines is 1. The van der Waals surface area contributed by atoms with Crippen LogP contribution in [0.15, 0.2) is 11.1 Å². The van der Waals surface area contributed by atoms with Crippen molar-refractivity contribution in [3.05, 3.63) is 11.9 Å². The second-order valence-corrected chi connectivity index (χ2v) is 5.40. The van der Waals surface area contributed by atoms with Crippen molar-refractivity contribution in [1.82, 2.24) is 14.9 Å². The minimum atomic E-state index is -3.55. The molecule has 0 saturated heterocycles. The first kappa shape index (κ1) is 14.7. The molecule has 0 unspecified atom stereocenters. The number of aromatic nitrogens is 2. The second kappa shape index (κ2) is 6.50. The molecule has 7 nitrogen and oxygen atoms in total. The Morgan fingerprint density at radius 3 is 2.83 bits per heavy atom. The molecule has 18 heavy (non-hydrogen) atoms. The fourth-order valence-electron chi connectivity index (χ4n) is 1.36. The van der Waals surface area contributed by atoms with Gasteiger partial charge in [0.05, 0.1) is 18.5 Å². The minimum Gasteiger partial charge on any atom is -0.466 e. The molecule has 0 bridgehead atoms. The van der Waals surface area contributed by atoms with Crippen molar-refractivity contribution in [2.45, 2.75) is 31.6 Å². The SMILES string of the molecule is CCOC(=O)CCCNS(=O)(=O)c1cn[nH]c1C. The fourth-order valence-corrected chi connectivity index (χ4v) is 2.57. The molecule has 1 aromatic rings. The maximum absolute atomic E-state index is 11.8. The average Bonchev–Trinajstić information content (AvgIpc) is 2.72. The van der Waals surface area contributed by atoms with Crippen LogP contribution in [-0.4, -0.2) is 37.7 Å². The number of carbonyl (C=O) groups is 1. The highest BCUT2D eigenvalue weighted by molar-refractivity contribution is 7.89. The largest absolute Gasteiger partial charge is 0.466 e. The maximum Gasteiger partial charge on any atom is 0.305 e. The van der Waals surface area contributed by atoms with E-state index in [2.05, 4.69) is 14.9 Å².